The van der Waals surface area contributed by atoms with E-state index in [4.69, 9.17) is 9.97 Å². The van der Waals surface area contributed by atoms with Crippen LogP contribution in [-0.4, -0.2) is 23.7 Å². The van der Waals surface area contributed by atoms with E-state index in [0.29, 0.717) is 33.4 Å². The summed E-state index contributed by atoms with van der Waals surface area (Å²) in [5.74, 6) is 0.490. The summed E-state index contributed by atoms with van der Waals surface area (Å²) < 4.78 is 5.33. The van der Waals surface area contributed by atoms with Gasteiger partial charge in [-0.15, -0.1) is 0 Å². The summed E-state index contributed by atoms with van der Waals surface area (Å²) in [6.07, 6.45) is 0. The zero-order chi connectivity index (χ0) is 46.2. The molecule has 69 heavy (non-hydrogen) atoms. The molecule has 0 aliphatic carbocycles. The lowest BCUT2D eigenvalue weighted by Crippen LogP contribution is -2.19. The highest BCUT2D eigenvalue weighted by Gasteiger charge is 2.20. The number of nitrogens with zero attached hydrogens (tertiary/aromatic N) is 5. The maximum Gasteiger partial charge on any atom is 0.263 e. The van der Waals surface area contributed by atoms with E-state index < -0.39 is 0 Å². The van der Waals surface area contributed by atoms with Crippen LogP contribution in [0.2, 0.25) is 0 Å². The number of para-hydroxylation sites is 3. The van der Waals surface area contributed by atoms with Crippen molar-refractivity contribution in [3.63, 3.8) is 0 Å². The van der Waals surface area contributed by atoms with Gasteiger partial charge in [-0.25, -0.2) is 9.97 Å². The van der Waals surface area contributed by atoms with Crippen molar-refractivity contribution in [1.82, 2.24) is 23.7 Å². The lowest BCUT2D eigenvalue weighted by Gasteiger charge is -2.16. The Kier molecular flexibility index (Phi) is 9.13. The largest absolute Gasteiger partial charge is 0.276 e. The molecule has 0 spiro atoms. The van der Waals surface area contributed by atoms with Gasteiger partial charge in [-0.3, -0.25) is 28.1 Å². The first-order valence-electron chi connectivity index (χ1n) is 22.8. The molecule has 0 atom stereocenters. The molecular weight excluding hydrogens is 851 g/mol. The highest BCUT2D eigenvalue weighted by atomic mass is 16.1. The van der Waals surface area contributed by atoms with E-state index in [9.17, 15) is 14.4 Å². The summed E-state index contributed by atoms with van der Waals surface area (Å²) >= 11 is 0. The van der Waals surface area contributed by atoms with Crippen LogP contribution in [0, 0.1) is 0 Å². The number of benzene rings is 9. The van der Waals surface area contributed by atoms with E-state index >= 15 is 0 Å². The van der Waals surface area contributed by atoms with E-state index in [-0.39, 0.29) is 16.7 Å². The Morgan fingerprint density at radius 2 is 0.551 bits per heavy atom. The van der Waals surface area contributed by atoms with Gasteiger partial charge in [0, 0.05) is 66.1 Å². The average molecular weight is 888 g/mol. The first-order valence-corrected chi connectivity index (χ1v) is 22.8. The van der Waals surface area contributed by atoms with Crippen LogP contribution in [0.15, 0.2) is 239 Å². The predicted molar refractivity (Wildman–Crippen MR) is 280 cm³/mol. The Balaban J connectivity index is 1.08. The maximum atomic E-state index is 14.2. The monoisotopic (exact) mass is 887 g/mol. The van der Waals surface area contributed by atoms with Gasteiger partial charge in [-0.1, -0.05) is 121 Å². The molecular formula is C61H37N5O3. The number of hydrogen-bond acceptors (Lipinski definition) is 5. The Morgan fingerprint density at radius 3 is 0.899 bits per heavy atom. The minimum absolute atomic E-state index is 0.0910. The van der Waals surface area contributed by atoms with Crippen LogP contribution in [0.4, 0.5) is 0 Å². The standard InChI is InChI=1S/C61H37N5O3/c67-59-47-25-13-10-22-44(47)50-34-38(28-31-55(50)64(59)41-16-4-1-5-17-41)53-37-54(39-29-32-56-51(35-39)45-23-11-14-26-48(45)60(68)65(56)42-18-6-2-7-19-42)63-58(62-53)40-30-33-57-52(36-40)46-24-12-15-27-49(46)61(69)66(57)43-20-8-3-9-21-43/h1-37H. The summed E-state index contributed by atoms with van der Waals surface area (Å²) in [5.41, 5.74) is 8.17. The first-order chi connectivity index (χ1) is 34.0. The van der Waals surface area contributed by atoms with Gasteiger partial charge >= 0.3 is 0 Å². The van der Waals surface area contributed by atoms with Gasteiger partial charge in [0.15, 0.2) is 5.82 Å². The van der Waals surface area contributed by atoms with Crippen LogP contribution in [0.3, 0.4) is 0 Å². The minimum atomic E-state index is -0.0967. The van der Waals surface area contributed by atoms with Gasteiger partial charge in [0.05, 0.1) is 27.9 Å². The predicted octanol–water partition coefficient (Wildman–Crippen LogP) is 12.8. The second-order valence-electron chi connectivity index (χ2n) is 17.2. The SMILES string of the molecule is O=c1c2ccccc2c2cc(-c3cc(-c4ccc5c(c4)c4ccccc4c(=O)n5-c4ccccc4)nc(-c4ccc5c(c4)c4ccccc4c(=O)n5-c4ccccc4)n3)ccc2n1-c1ccccc1. The molecule has 324 valence electrons. The van der Waals surface area contributed by atoms with Crippen molar-refractivity contribution in [2.24, 2.45) is 0 Å². The van der Waals surface area contributed by atoms with Gasteiger partial charge in [-0.05, 0) is 119 Å². The third-order valence-corrected chi connectivity index (χ3v) is 13.3. The Labute approximate surface area is 393 Å². The molecule has 13 rings (SSSR count). The van der Waals surface area contributed by atoms with E-state index in [0.717, 1.165) is 82.6 Å². The molecule has 0 N–H and O–H groups in total. The second-order valence-corrected chi connectivity index (χ2v) is 17.2. The molecule has 0 aliphatic rings. The Hall–Kier alpha value is -9.53. The van der Waals surface area contributed by atoms with E-state index in [1.165, 1.54) is 0 Å². The normalized spacial score (nSPS) is 11.7. The third kappa shape index (κ3) is 6.42. The van der Waals surface area contributed by atoms with Crippen molar-refractivity contribution < 1.29 is 0 Å². The Morgan fingerprint density at radius 1 is 0.261 bits per heavy atom. The van der Waals surface area contributed by atoms with E-state index in [1.807, 2.05) is 206 Å². The van der Waals surface area contributed by atoms with Crippen molar-refractivity contribution in [3.05, 3.63) is 256 Å². The van der Waals surface area contributed by atoms with Crippen LogP contribution in [-0.2, 0) is 0 Å². The molecule has 0 saturated heterocycles. The van der Waals surface area contributed by atoms with Gasteiger partial charge in [0.2, 0.25) is 0 Å². The number of aromatic nitrogens is 5. The van der Waals surface area contributed by atoms with Gasteiger partial charge in [0.1, 0.15) is 0 Å². The van der Waals surface area contributed by atoms with Crippen molar-refractivity contribution in [3.8, 4) is 51.0 Å². The fourth-order valence-corrected chi connectivity index (χ4v) is 10.1. The van der Waals surface area contributed by atoms with Gasteiger partial charge in [0.25, 0.3) is 16.7 Å². The highest BCUT2D eigenvalue weighted by Crippen LogP contribution is 2.36. The summed E-state index contributed by atoms with van der Waals surface area (Å²) in [4.78, 5) is 53.3. The summed E-state index contributed by atoms with van der Waals surface area (Å²) in [6, 6.07) is 72.7. The molecule has 13 aromatic rings. The number of pyridine rings is 3. The molecule has 0 radical (unpaired) electrons. The van der Waals surface area contributed by atoms with Gasteiger partial charge < -0.3 is 0 Å². The average Bonchev–Trinajstić information content (AvgIpc) is 3.42. The minimum Gasteiger partial charge on any atom is -0.276 e. The lowest BCUT2D eigenvalue weighted by molar-refractivity contribution is 1.06. The van der Waals surface area contributed by atoms with Crippen LogP contribution in [0.1, 0.15) is 0 Å². The number of rotatable bonds is 6. The highest BCUT2D eigenvalue weighted by molar-refractivity contribution is 6.10. The van der Waals surface area contributed by atoms with E-state index in [1.54, 1.807) is 13.7 Å². The molecule has 0 amide bonds. The summed E-state index contributed by atoms with van der Waals surface area (Å²) in [5, 5.41) is 7.05. The zero-order valence-electron chi connectivity index (χ0n) is 36.8. The van der Waals surface area contributed by atoms with Crippen molar-refractivity contribution in [2.45, 2.75) is 0 Å². The number of fused-ring (bicyclic) bond motifs is 9. The molecule has 0 bridgehead atoms. The number of hydrogen-bond donors (Lipinski definition) is 0. The van der Waals surface area contributed by atoms with Crippen LogP contribution < -0.4 is 16.7 Å². The summed E-state index contributed by atoms with van der Waals surface area (Å²) in [7, 11) is 0. The Bertz CT molecular complexity index is 3960. The molecule has 4 heterocycles. The molecule has 9 aromatic carbocycles. The molecule has 0 saturated carbocycles. The first kappa shape index (κ1) is 39.8. The van der Waals surface area contributed by atoms with Crippen molar-refractivity contribution in [1.29, 1.82) is 0 Å². The zero-order valence-corrected chi connectivity index (χ0v) is 36.8. The van der Waals surface area contributed by atoms with Crippen molar-refractivity contribution >= 4 is 65.0 Å². The molecule has 8 heteroatoms. The third-order valence-electron chi connectivity index (χ3n) is 13.3. The fraction of sp³-hybridized carbons (Fsp3) is 0. The molecule has 4 aromatic heterocycles. The molecule has 0 unspecified atom stereocenters. The van der Waals surface area contributed by atoms with Crippen LogP contribution in [0.25, 0.3) is 116 Å². The quantitative estimate of drug-likeness (QED) is 0.155. The van der Waals surface area contributed by atoms with Gasteiger partial charge in [-0.2, -0.15) is 0 Å². The van der Waals surface area contributed by atoms with E-state index in [2.05, 4.69) is 18.2 Å². The van der Waals surface area contributed by atoms with Crippen LogP contribution >= 0.6 is 0 Å². The molecule has 8 nitrogen and oxygen atoms in total. The fourth-order valence-electron chi connectivity index (χ4n) is 10.1. The second kappa shape index (κ2) is 15.8. The molecule has 0 fully saturated rings. The van der Waals surface area contributed by atoms with Crippen LogP contribution in [0.5, 0.6) is 0 Å². The molecule has 0 aliphatic heterocycles. The lowest BCUT2D eigenvalue weighted by atomic mass is 9.99. The smallest absolute Gasteiger partial charge is 0.263 e. The summed E-state index contributed by atoms with van der Waals surface area (Å²) in [6.45, 7) is 0. The topological polar surface area (TPSA) is 91.8 Å². The maximum absolute atomic E-state index is 14.2. The van der Waals surface area contributed by atoms with Crippen molar-refractivity contribution in [2.75, 3.05) is 0 Å².